The molecule has 1 unspecified atom stereocenters. The van der Waals surface area contributed by atoms with Gasteiger partial charge in [-0.2, -0.15) is 5.06 Å². The molecule has 3 aromatic rings. The van der Waals surface area contributed by atoms with Gasteiger partial charge in [0, 0.05) is 19.5 Å². The molecule has 126 valence electrons. The van der Waals surface area contributed by atoms with Gasteiger partial charge in [0.1, 0.15) is 0 Å². The van der Waals surface area contributed by atoms with Crippen LogP contribution in [0, 0.1) is 0 Å². The van der Waals surface area contributed by atoms with E-state index in [4.69, 9.17) is 4.84 Å². The molecule has 1 aliphatic heterocycles. The Bertz CT molecular complexity index is 783. The molecule has 4 rings (SSSR count). The molecular formula is C23H23NO. The predicted octanol–water partition coefficient (Wildman–Crippen LogP) is 5.10. The molecule has 0 saturated carbocycles. The third-order valence-electron chi connectivity index (χ3n) is 4.72. The van der Waals surface area contributed by atoms with Crippen LogP contribution in [0.25, 0.3) is 11.1 Å². The van der Waals surface area contributed by atoms with E-state index in [2.05, 4.69) is 90.0 Å². The SMILES string of the molecule is c1ccc(CN2CCC(Cc3ccc(-c4ccccc4)cc3)O2)cc1. The smallest absolute Gasteiger partial charge is 0.0846 e. The van der Waals surface area contributed by atoms with Crippen molar-refractivity contribution in [1.82, 2.24) is 5.06 Å². The largest absolute Gasteiger partial charge is 0.295 e. The topological polar surface area (TPSA) is 12.5 Å². The van der Waals surface area contributed by atoms with Crippen molar-refractivity contribution >= 4 is 0 Å². The molecule has 1 atom stereocenters. The van der Waals surface area contributed by atoms with Gasteiger partial charge in [-0.05, 0) is 28.7 Å². The fourth-order valence-corrected chi connectivity index (χ4v) is 3.37. The second-order valence-electron chi connectivity index (χ2n) is 6.63. The van der Waals surface area contributed by atoms with Crippen LogP contribution in [0.15, 0.2) is 84.9 Å². The summed E-state index contributed by atoms with van der Waals surface area (Å²) in [6.07, 6.45) is 2.35. The zero-order valence-electron chi connectivity index (χ0n) is 14.3. The van der Waals surface area contributed by atoms with Crippen molar-refractivity contribution in [2.75, 3.05) is 6.54 Å². The van der Waals surface area contributed by atoms with Crippen molar-refractivity contribution in [3.05, 3.63) is 96.1 Å². The summed E-state index contributed by atoms with van der Waals surface area (Å²) in [5, 5.41) is 2.10. The van der Waals surface area contributed by atoms with E-state index in [-0.39, 0.29) is 6.10 Å². The molecule has 1 heterocycles. The lowest BCUT2D eigenvalue weighted by atomic mass is 10.0. The van der Waals surface area contributed by atoms with Gasteiger partial charge in [0.2, 0.25) is 0 Å². The van der Waals surface area contributed by atoms with Gasteiger partial charge in [0.25, 0.3) is 0 Å². The zero-order valence-corrected chi connectivity index (χ0v) is 14.3. The van der Waals surface area contributed by atoms with Crippen LogP contribution >= 0.6 is 0 Å². The molecule has 1 aliphatic rings. The molecule has 2 nitrogen and oxygen atoms in total. The van der Waals surface area contributed by atoms with E-state index >= 15 is 0 Å². The monoisotopic (exact) mass is 329 g/mol. The minimum Gasteiger partial charge on any atom is -0.295 e. The Balaban J connectivity index is 1.34. The molecular weight excluding hydrogens is 306 g/mol. The van der Waals surface area contributed by atoms with Crippen LogP contribution in [0.3, 0.4) is 0 Å². The van der Waals surface area contributed by atoms with E-state index < -0.39 is 0 Å². The summed E-state index contributed by atoms with van der Waals surface area (Å²) in [6.45, 7) is 1.87. The van der Waals surface area contributed by atoms with Crippen molar-refractivity contribution in [1.29, 1.82) is 0 Å². The van der Waals surface area contributed by atoms with Gasteiger partial charge >= 0.3 is 0 Å². The molecule has 0 spiro atoms. The molecule has 0 radical (unpaired) electrons. The summed E-state index contributed by atoms with van der Waals surface area (Å²) >= 11 is 0. The average Bonchev–Trinajstić information content (AvgIpc) is 3.11. The number of benzene rings is 3. The van der Waals surface area contributed by atoms with Gasteiger partial charge in [-0.1, -0.05) is 84.9 Å². The molecule has 2 heteroatoms. The lowest BCUT2D eigenvalue weighted by Gasteiger charge is -2.16. The third-order valence-corrected chi connectivity index (χ3v) is 4.72. The van der Waals surface area contributed by atoms with Gasteiger partial charge in [-0.25, -0.2) is 0 Å². The van der Waals surface area contributed by atoms with Crippen LogP contribution < -0.4 is 0 Å². The maximum absolute atomic E-state index is 6.12. The Labute approximate surface area is 149 Å². The summed E-state index contributed by atoms with van der Waals surface area (Å²) in [7, 11) is 0. The first-order valence-electron chi connectivity index (χ1n) is 8.97. The van der Waals surface area contributed by atoms with Crippen LogP contribution in [-0.2, 0) is 17.8 Å². The zero-order chi connectivity index (χ0) is 16.9. The first-order valence-corrected chi connectivity index (χ1v) is 8.97. The molecule has 0 amide bonds. The maximum atomic E-state index is 6.12. The highest BCUT2D eigenvalue weighted by atomic mass is 16.7. The highest BCUT2D eigenvalue weighted by molar-refractivity contribution is 5.63. The standard InChI is InChI=1S/C23H23NO/c1-3-7-20(8-4-1)18-24-16-15-23(25-24)17-19-11-13-22(14-12-19)21-9-5-2-6-10-21/h1-14,23H,15-18H2. The Kier molecular flexibility index (Phi) is 4.91. The van der Waals surface area contributed by atoms with E-state index in [1.165, 1.54) is 22.3 Å². The van der Waals surface area contributed by atoms with Crippen LogP contribution in [0.5, 0.6) is 0 Å². The summed E-state index contributed by atoms with van der Waals surface area (Å²) < 4.78 is 0. The van der Waals surface area contributed by atoms with Gasteiger partial charge in [-0.15, -0.1) is 0 Å². The molecule has 1 fully saturated rings. The van der Waals surface area contributed by atoms with Crippen molar-refractivity contribution in [3.8, 4) is 11.1 Å². The average molecular weight is 329 g/mol. The molecule has 0 aliphatic carbocycles. The summed E-state index contributed by atoms with van der Waals surface area (Å²) in [5.74, 6) is 0. The van der Waals surface area contributed by atoms with Crippen molar-refractivity contribution in [2.45, 2.75) is 25.5 Å². The van der Waals surface area contributed by atoms with Gasteiger partial charge in [0.05, 0.1) is 6.10 Å². The van der Waals surface area contributed by atoms with E-state index in [0.29, 0.717) is 0 Å². The highest BCUT2D eigenvalue weighted by Gasteiger charge is 2.23. The van der Waals surface area contributed by atoms with Gasteiger partial charge < -0.3 is 0 Å². The fourth-order valence-electron chi connectivity index (χ4n) is 3.37. The maximum Gasteiger partial charge on any atom is 0.0846 e. The number of nitrogens with zero attached hydrogens (tertiary/aromatic N) is 1. The number of hydrogen-bond donors (Lipinski definition) is 0. The number of hydrogen-bond acceptors (Lipinski definition) is 2. The highest BCUT2D eigenvalue weighted by Crippen LogP contribution is 2.23. The van der Waals surface area contributed by atoms with Crippen LogP contribution in [-0.4, -0.2) is 17.7 Å². The van der Waals surface area contributed by atoms with E-state index in [1.807, 2.05) is 0 Å². The molecule has 0 aromatic heterocycles. The predicted molar refractivity (Wildman–Crippen MR) is 102 cm³/mol. The van der Waals surface area contributed by atoms with E-state index in [0.717, 1.165) is 25.9 Å². The normalized spacial score (nSPS) is 17.7. The van der Waals surface area contributed by atoms with E-state index in [1.54, 1.807) is 0 Å². The second-order valence-corrected chi connectivity index (χ2v) is 6.63. The summed E-state index contributed by atoms with van der Waals surface area (Å²) in [5.41, 5.74) is 5.17. The Morgan fingerprint density at radius 2 is 1.36 bits per heavy atom. The molecule has 0 N–H and O–H groups in total. The fraction of sp³-hybridized carbons (Fsp3) is 0.217. The Morgan fingerprint density at radius 1 is 0.720 bits per heavy atom. The summed E-state index contributed by atoms with van der Waals surface area (Å²) in [6, 6.07) is 29.9. The van der Waals surface area contributed by atoms with Crippen LogP contribution in [0.1, 0.15) is 17.5 Å². The number of hydroxylamine groups is 2. The van der Waals surface area contributed by atoms with Crippen LogP contribution in [0.4, 0.5) is 0 Å². The third kappa shape index (κ3) is 4.16. The first kappa shape index (κ1) is 16.1. The molecule has 3 aromatic carbocycles. The number of rotatable bonds is 5. The molecule has 25 heavy (non-hydrogen) atoms. The van der Waals surface area contributed by atoms with Gasteiger partial charge in [0.15, 0.2) is 0 Å². The lowest BCUT2D eigenvalue weighted by molar-refractivity contribution is -0.151. The second kappa shape index (κ2) is 7.64. The first-order chi connectivity index (χ1) is 12.4. The lowest BCUT2D eigenvalue weighted by Crippen LogP contribution is -2.19. The Hall–Kier alpha value is -2.42. The quantitative estimate of drug-likeness (QED) is 0.645. The minimum absolute atomic E-state index is 0.284. The van der Waals surface area contributed by atoms with Crippen molar-refractivity contribution < 1.29 is 4.84 Å². The molecule has 1 saturated heterocycles. The minimum atomic E-state index is 0.284. The molecule has 0 bridgehead atoms. The van der Waals surface area contributed by atoms with Crippen LogP contribution in [0.2, 0.25) is 0 Å². The summed E-state index contributed by atoms with van der Waals surface area (Å²) in [4.78, 5) is 6.12. The van der Waals surface area contributed by atoms with Gasteiger partial charge in [-0.3, -0.25) is 4.84 Å². The van der Waals surface area contributed by atoms with Crippen molar-refractivity contribution in [3.63, 3.8) is 0 Å². The van der Waals surface area contributed by atoms with Crippen molar-refractivity contribution in [2.24, 2.45) is 0 Å². The Morgan fingerprint density at radius 3 is 2.08 bits per heavy atom. The van der Waals surface area contributed by atoms with E-state index in [9.17, 15) is 0 Å².